The molecule has 1 atom stereocenters. The molecule has 0 aromatic carbocycles. The number of nitrogens with one attached hydrogen (secondary N) is 1. The molecule has 2 rings (SSSR count). The third kappa shape index (κ3) is 4.98. The van der Waals surface area contributed by atoms with Crippen LogP contribution in [-0.4, -0.2) is 54.4 Å². The lowest BCUT2D eigenvalue weighted by molar-refractivity contribution is -0.139. The summed E-state index contributed by atoms with van der Waals surface area (Å²) in [5.41, 5.74) is 0. The number of thiophene rings is 1. The molecule has 0 bridgehead atoms. The number of carbonyl (C=O) groups is 2. The van der Waals surface area contributed by atoms with E-state index in [1.165, 1.54) is 4.88 Å². The first-order chi connectivity index (χ1) is 10.1. The first-order valence-electron chi connectivity index (χ1n) is 6.64. The number of amides is 2. The van der Waals surface area contributed by atoms with Crippen molar-refractivity contribution in [2.75, 3.05) is 26.3 Å². The molecule has 1 aliphatic heterocycles. The molecular formula is C13H17BrN2O4S. The quantitative estimate of drug-likeness (QED) is 0.822. The Morgan fingerprint density at radius 3 is 3.00 bits per heavy atom. The molecule has 0 aliphatic carbocycles. The van der Waals surface area contributed by atoms with Crippen LogP contribution in [0.3, 0.4) is 0 Å². The number of ether oxygens (including phenoxy) is 1. The van der Waals surface area contributed by atoms with Crippen LogP contribution in [0.1, 0.15) is 11.3 Å². The minimum Gasteiger partial charge on any atom is -0.481 e. The summed E-state index contributed by atoms with van der Waals surface area (Å²) in [6.45, 7) is 1.68. The van der Waals surface area contributed by atoms with Gasteiger partial charge in [0.1, 0.15) is 0 Å². The fourth-order valence-corrected chi connectivity index (χ4v) is 3.66. The molecule has 0 spiro atoms. The number of nitrogens with zero attached hydrogens (tertiary/aromatic N) is 1. The topological polar surface area (TPSA) is 78.9 Å². The molecule has 6 nitrogen and oxygen atoms in total. The summed E-state index contributed by atoms with van der Waals surface area (Å²) in [6, 6.07) is 3.38. The lowest BCUT2D eigenvalue weighted by atomic mass is 10.1. The summed E-state index contributed by atoms with van der Waals surface area (Å²) in [5, 5.41) is 11.7. The van der Waals surface area contributed by atoms with E-state index in [0.717, 1.165) is 10.2 Å². The Bertz CT molecular complexity index is 508. The summed E-state index contributed by atoms with van der Waals surface area (Å²) in [5.74, 6) is -0.924. The number of carbonyl (C=O) groups excluding carboxylic acids is 1. The van der Waals surface area contributed by atoms with Crippen LogP contribution < -0.4 is 5.32 Å². The van der Waals surface area contributed by atoms with E-state index >= 15 is 0 Å². The average molecular weight is 377 g/mol. The highest BCUT2D eigenvalue weighted by atomic mass is 79.9. The third-order valence-corrected chi connectivity index (χ3v) is 4.86. The van der Waals surface area contributed by atoms with Gasteiger partial charge >= 0.3 is 12.0 Å². The zero-order chi connectivity index (χ0) is 15.2. The molecule has 1 fully saturated rings. The summed E-state index contributed by atoms with van der Waals surface area (Å²) < 4.78 is 6.32. The van der Waals surface area contributed by atoms with Crippen molar-refractivity contribution in [1.29, 1.82) is 0 Å². The fourth-order valence-electron chi connectivity index (χ4n) is 2.17. The Labute approximate surface area is 135 Å². The van der Waals surface area contributed by atoms with E-state index in [4.69, 9.17) is 9.84 Å². The maximum absolute atomic E-state index is 12.1. The van der Waals surface area contributed by atoms with E-state index in [-0.39, 0.29) is 19.1 Å². The van der Waals surface area contributed by atoms with E-state index < -0.39 is 12.0 Å². The smallest absolute Gasteiger partial charge is 0.317 e. The van der Waals surface area contributed by atoms with Gasteiger partial charge in [0, 0.05) is 18.0 Å². The van der Waals surface area contributed by atoms with Crippen LogP contribution in [0.4, 0.5) is 4.79 Å². The first-order valence-corrected chi connectivity index (χ1v) is 8.25. The molecule has 1 unspecified atom stereocenters. The number of carboxylic acid groups (broad SMARTS) is 1. The number of halogens is 1. The van der Waals surface area contributed by atoms with E-state index in [0.29, 0.717) is 19.7 Å². The maximum Gasteiger partial charge on any atom is 0.317 e. The van der Waals surface area contributed by atoms with Crippen molar-refractivity contribution < 1.29 is 19.4 Å². The first kappa shape index (κ1) is 16.3. The highest BCUT2D eigenvalue weighted by Gasteiger charge is 2.28. The number of hydrogen-bond acceptors (Lipinski definition) is 4. The summed E-state index contributed by atoms with van der Waals surface area (Å²) in [4.78, 5) is 25.7. The van der Waals surface area contributed by atoms with Crippen LogP contribution in [0.15, 0.2) is 15.9 Å². The molecule has 1 aliphatic rings. The molecule has 21 heavy (non-hydrogen) atoms. The van der Waals surface area contributed by atoms with Crippen molar-refractivity contribution in [3.63, 3.8) is 0 Å². The molecule has 1 aromatic heterocycles. The maximum atomic E-state index is 12.1. The van der Waals surface area contributed by atoms with Crippen LogP contribution in [0.5, 0.6) is 0 Å². The van der Waals surface area contributed by atoms with Gasteiger partial charge in [0.2, 0.25) is 0 Å². The van der Waals surface area contributed by atoms with E-state index in [1.54, 1.807) is 16.2 Å². The zero-order valence-corrected chi connectivity index (χ0v) is 13.8. The van der Waals surface area contributed by atoms with E-state index in [9.17, 15) is 9.59 Å². The van der Waals surface area contributed by atoms with Gasteiger partial charge < -0.3 is 20.1 Å². The van der Waals surface area contributed by atoms with Gasteiger partial charge in [0.25, 0.3) is 0 Å². The van der Waals surface area contributed by atoms with E-state index in [2.05, 4.69) is 21.2 Å². The number of aliphatic carboxylic acids is 1. The van der Waals surface area contributed by atoms with Gasteiger partial charge in [-0.1, -0.05) is 0 Å². The van der Waals surface area contributed by atoms with Crippen molar-refractivity contribution in [3.05, 3.63) is 20.8 Å². The highest BCUT2D eigenvalue weighted by Crippen LogP contribution is 2.22. The number of urea groups is 1. The van der Waals surface area contributed by atoms with Gasteiger partial charge in [-0.2, -0.15) is 0 Å². The lowest BCUT2D eigenvalue weighted by Gasteiger charge is -2.34. The van der Waals surface area contributed by atoms with Crippen LogP contribution in [0.2, 0.25) is 0 Å². The van der Waals surface area contributed by atoms with Gasteiger partial charge in [-0.3, -0.25) is 4.79 Å². The molecule has 0 radical (unpaired) electrons. The molecule has 0 saturated carbocycles. The number of morpholine rings is 1. The standard InChI is InChI=1S/C13H17BrN2O4S/c14-11-2-1-10(21-11)3-4-15-13(19)16-5-6-20-8-9(16)7-12(17)18/h1-2,9H,3-8H2,(H,15,19)(H,17,18). The molecule has 2 N–H and O–H groups in total. The molecule has 2 amide bonds. The monoisotopic (exact) mass is 376 g/mol. The largest absolute Gasteiger partial charge is 0.481 e. The Kier molecular flexibility index (Phi) is 6.01. The lowest BCUT2D eigenvalue weighted by Crippen LogP contribution is -2.53. The second kappa shape index (κ2) is 7.77. The summed E-state index contributed by atoms with van der Waals surface area (Å²) in [6.07, 6.45) is 0.668. The van der Waals surface area contributed by atoms with Gasteiger partial charge in [0.15, 0.2) is 0 Å². The number of rotatable bonds is 5. The normalized spacial score (nSPS) is 18.5. The third-order valence-electron chi connectivity index (χ3n) is 3.18. The fraction of sp³-hybridized carbons (Fsp3) is 0.538. The second-order valence-corrected chi connectivity index (χ2v) is 7.26. The highest BCUT2D eigenvalue weighted by molar-refractivity contribution is 9.11. The zero-order valence-electron chi connectivity index (χ0n) is 11.4. The minimum absolute atomic E-state index is 0.0920. The van der Waals surface area contributed by atoms with Crippen molar-refractivity contribution in [3.8, 4) is 0 Å². The van der Waals surface area contributed by atoms with Crippen LogP contribution in [0, 0.1) is 0 Å². The summed E-state index contributed by atoms with van der Waals surface area (Å²) >= 11 is 5.04. The van der Waals surface area contributed by atoms with Crippen molar-refractivity contribution in [2.24, 2.45) is 0 Å². The predicted molar refractivity (Wildman–Crippen MR) is 82.7 cm³/mol. The van der Waals surface area contributed by atoms with E-state index in [1.807, 2.05) is 12.1 Å². The molecule has 8 heteroatoms. The molecule has 1 aromatic rings. The SMILES string of the molecule is O=C(O)CC1COCCN1C(=O)NCCc1ccc(Br)s1. The van der Waals surface area contributed by atoms with Crippen LogP contribution in [0.25, 0.3) is 0 Å². The molecule has 1 saturated heterocycles. The van der Waals surface area contributed by atoms with Crippen LogP contribution in [-0.2, 0) is 16.0 Å². The second-order valence-electron chi connectivity index (χ2n) is 4.71. The van der Waals surface area contributed by atoms with Crippen molar-refractivity contribution >= 4 is 39.3 Å². The van der Waals surface area contributed by atoms with Gasteiger partial charge in [-0.15, -0.1) is 11.3 Å². The van der Waals surface area contributed by atoms with Crippen molar-refractivity contribution in [1.82, 2.24) is 10.2 Å². The Hall–Kier alpha value is -1.12. The number of carboxylic acids is 1. The molecule has 2 heterocycles. The minimum atomic E-state index is -0.924. The van der Waals surface area contributed by atoms with Crippen molar-refractivity contribution in [2.45, 2.75) is 18.9 Å². The average Bonchev–Trinajstić information content (AvgIpc) is 2.84. The van der Waals surface area contributed by atoms with Crippen LogP contribution >= 0.6 is 27.3 Å². The molecule has 116 valence electrons. The number of hydrogen-bond donors (Lipinski definition) is 2. The summed E-state index contributed by atoms with van der Waals surface area (Å²) in [7, 11) is 0. The van der Waals surface area contributed by atoms with Gasteiger partial charge in [-0.25, -0.2) is 4.79 Å². The predicted octanol–water partition coefficient (Wildman–Crippen LogP) is 1.94. The van der Waals surface area contributed by atoms with Gasteiger partial charge in [0.05, 0.1) is 29.5 Å². The Morgan fingerprint density at radius 2 is 2.33 bits per heavy atom. The molecular weight excluding hydrogens is 360 g/mol. The Balaban J connectivity index is 1.81. The van der Waals surface area contributed by atoms with Gasteiger partial charge in [-0.05, 0) is 34.5 Å². The Morgan fingerprint density at radius 1 is 1.52 bits per heavy atom.